The molecule has 0 saturated heterocycles. The van der Waals surface area contributed by atoms with Crippen molar-refractivity contribution in [2.75, 3.05) is 18.5 Å². The Morgan fingerprint density at radius 2 is 1.84 bits per heavy atom. The van der Waals surface area contributed by atoms with Gasteiger partial charge in [0.05, 0.1) is 24.4 Å². The quantitative estimate of drug-likeness (QED) is 0.379. The molecule has 0 unspecified atom stereocenters. The molecule has 2 heterocycles. The number of fused-ring (bicyclic) bond motifs is 1. The van der Waals surface area contributed by atoms with Crippen molar-refractivity contribution >= 4 is 52.1 Å². The Kier molecular flexibility index (Phi) is 7.45. The van der Waals surface area contributed by atoms with Gasteiger partial charge in [0.15, 0.2) is 16.5 Å². The van der Waals surface area contributed by atoms with Gasteiger partial charge in [-0.2, -0.15) is 0 Å². The topological polar surface area (TPSA) is 112 Å². The maximum Gasteiger partial charge on any atom is 0.277 e. The summed E-state index contributed by atoms with van der Waals surface area (Å²) in [6.07, 6.45) is 1.50. The Bertz CT molecular complexity index is 1250. The van der Waals surface area contributed by atoms with Crippen LogP contribution in [0.1, 0.15) is 23.6 Å². The third-order valence-corrected chi connectivity index (χ3v) is 5.29. The van der Waals surface area contributed by atoms with E-state index in [1.165, 1.54) is 17.7 Å². The van der Waals surface area contributed by atoms with Gasteiger partial charge in [0.2, 0.25) is 0 Å². The molecule has 166 valence electrons. The SMILES string of the molecule is CCOc1cc2ncnc(Nc3cccc(-c4csc(C(N)=O)n4)c3)c2cc1OCC.Cl. The minimum Gasteiger partial charge on any atom is -0.490 e. The van der Waals surface area contributed by atoms with Gasteiger partial charge in [0.1, 0.15) is 12.1 Å². The molecule has 32 heavy (non-hydrogen) atoms. The van der Waals surface area contributed by atoms with E-state index in [0.29, 0.717) is 36.2 Å². The summed E-state index contributed by atoms with van der Waals surface area (Å²) in [6, 6.07) is 11.4. The number of thiazole rings is 1. The molecule has 0 fully saturated rings. The normalized spacial score (nSPS) is 10.4. The largest absolute Gasteiger partial charge is 0.490 e. The van der Waals surface area contributed by atoms with Crippen molar-refractivity contribution in [3.63, 3.8) is 0 Å². The van der Waals surface area contributed by atoms with Crippen LogP contribution in [0.2, 0.25) is 0 Å². The van der Waals surface area contributed by atoms with Gasteiger partial charge in [-0.3, -0.25) is 4.79 Å². The number of primary amides is 1. The highest BCUT2D eigenvalue weighted by Gasteiger charge is 2.13. The number of nitrogens with two attached hydrogens (primary N) is 1. The van der Waals surface area contributed by atoms with Gasteiger partial charge in [-0.15, -0.1) is 23.7 Å². The second-order valence-electron chi connectivity index (χ2n) is 6.51. The maximum atomic E-state index is 11.3. The van der Waals surface area contributed by atoms with Crippen LogP contribution >= 0.6 is 23.7 Å². The van der Waals surface area contributed by atoms with Gasteiger partial charge in [-0.1, -0.05) is 12.1 Å². The Balaban J connectivity index is 0.00000289. The lowest BCUT2D eigenvalue weighted by atomic mass is 10.1. The van der Waals surface area contributed by atoms with E-state index in [4.69, 9.17) is 15.2 Å². The number of carbonyl (C=O) groups is 1. The standard InChI is InChI=1S/C22H21N5O3S.ClH/c1-3-29-18-9-15-16(10-19(18)30-4-2)24-12-25-21(15)26-14-7-5-6-13(8-14)17-11-31-22(27-17)20(23)28;/h5-12H,3-4H2,1-2H3,(H2,23,28)(H,24,25,26);1H. The van der Waals surface area contributed by atoms with Crippen molar-refractivity contribution in [1.29, 1.82) is 0 Å². The van der Waals surface area contributed by atoms with Crippen LogP contribution in [0.25, 0.3) is 22.2 Å². The molecule has 10 heteroatoms. The minimum absolute atomic E-state index is 0. The first-order valence-electron chi connectivity index (χ1n) is 9.76. The first-order valence-corrected chi connectivity index (χ1v) is 10.6. The molecule has 0 spiro atoms. The lowest BCUT2D eigenvalue weighted by molar-refractivity contribution is 0.1000. The summed E-state index contributed by atoms with van der Waals surface area (Å²) in [7, 11) is 0. The summed E-state index contributed by atoms with van der Waals surface area (Å²) in [4.78, 5) is 24.4. The van der Waals surface area contributed by atoms with E-state index in [0.717, 1.165) is 22.2 Å². The lowest BCUT2D eigenvalue weighted by Crippen LogP contribution is -2.10. The van der Waals surface area contributed by atoms with Crippen LogP contribution in [-0.2, 0) is 0 Å². The Labute approximate surface area is 195 Å². The fourth-order valence-electron chi connectivity index (χ4n) is 3.11. The van der Waals surface area contributed by atoms with Crippen LogP contribution in [0, 0.1) is 0 Å². The average Bonchev–Trinajstić information content (AvgIpc) is 3.26. The fourth-order valence-corrected chi connectivity index (χ4v) is 3.79. The number of anilines is 2. The summed E-state index contributed by atoms with van der Waals surface area (Å²) in [6.45, 7) is 4.90. The van der Waals surface area contributed by atoms with E-state index in [-0.39, 0.29) is 17.4 Å². The maximum absolute atomic E-state index is 11.3. The Hall–Kier alpha value is -3.43. The van der Waals surface area contributed by atoms with Gasteiger partial charge in [0, 0.05) is 28.1 Å². The first kappa shape index (κ1) is 23.2. The summed E-state index contributed by atoms with van der Waals surface area (Å²) in [5.41, 5.74) is 8.43. The number of hydrogen-bond acceptors (Lipinski definition) is 8. The number of amides is 1. The number of rotatable bonds is 8. The molecule has 0 aliphatic carbocycles. The highest BCUT2D eigenvalue weighted by atomic mass is 35.5. The molecule has 3 N–H and O–H groups in total. The van der Waals surface area contributed by atoms with E-state index < -0.39 is 5.91 Å². The molecule has 4 aromatic rings. The van der Waals surface area contributed by atoms with Crippen molar-refractivity contribution in [3.05, 3.63) is 53.1 Å². The highest BCUT2D eigenvalue weighted by Crippen LogP contribution is 2.35. The number of benzene rings is 2. The van der Waals surface area contributed by atoms with Crippen molar-refractivity contribution in [1.82, 2.24) is 15.0 Å². The summed E-state index contributed by atoms with van der Waals surface area (Å²) < 4.78 is 11.4. The van der Waals surface area contributed by atoms with Gasteiger partial charge >= 0.3 is 0 Å². The van der Waals surface area contributed by atoms with E-state index in [9.17, 15) is 4.79 Å². The molecule has 0 aliphatic heterocycles. The number of ether oxygens (including phenoxy) is 2. The van der Waals surface area contributed by atoms with E-state index in [2.05, 4.69) is 20.3 Å². The molecular weight excluding hydrogens is 450 g/mol. The molecule has 2 aromatic carbocycles. The Morgan fingerprint density at radius 1 is 1.09 bits per heavy atom. The van der Waals surface area contributed by atoms with Crippen LogP contribution in [0.4, 0.5) is 11.5 Å². The van der Waals surface area contributed by atoms with E-state index in [1.807, 2.05) is 55.6 Å². The summed E-state index contributed by atoms with van der Waals surface area (Å²) >= 11 is 1.22. The third-order valence-electron chi connectivity index (χ3n) is 4.44. The van der Waals surface area contributed by atoms with E-state index >= 15 is 0 Å². The minimum atomic E-state index is -0.533. The van der Waals surface area contributed by atoms with Crippen molar-refractivity contribution < 1.29 is 14.3 Å². The Morgan fingerprint density at radius 3 is 2.53 bits per heavy atom. The molecule has 2 aromatic heterocycles. The number of hydrogen-bond donors (Lipinski definition) is 2. The molecule has 0 saturated carbocycles. The van der Waals surface area contributed by atoms with E-state index in [1.54, 1.807) is 0 Å². The predicted molar refractivity (Wildman–Crippen MR) is 128 cm³/mol. The number of halogens is 1. The molecule has 0 bridgehead atoms. The van der Waals surface area contributed by atoms with Crippen LogP contribution in [0.3, 0.4) is 0 Å². The van der Waals surface area contributed by atoms with Gasteiger partial charge in [-0.25, -0.2) is 15.0 Å². The first-order chi connectivity index (χ1) is 15.1. The van der Waals surface area contributed by atoms with Crippen molar-refractivity contribution in [2.45, 2.75) is 13.8 Å². The number of carbonyl (C=O) groups excluding carboxylic acids is 1. The lowest BCUT2D eigenvalue weighted by Gasteiger charge is -2.14. The second-order valence-corrected chi connectivity index (χ2v) is 7.37. The van der Waals surface area contributed by atoms with Crippen molar-refractivity contribution in [2.24, 2.45) is 5.73 Å². The molecule has 0 aliphatic rings. The summed E-state index contributed by atoms with van der Waals surface area (Å²) in [5.74, 6) is 1.40. The second kappa shape index (κ2) is 10.3. The average molecular weight is 472 g/mol. The van der Waals surface area contributed by atoms with Crippen molar-refractivity contribution in [3.8, 4) is 22.8 Å². The summed E-state index contributed by atoms with van der Waals surface area (Å²) in [5, 5.41) is 6.24. The van der Waals surface area contributed by atoms with Gasteiger partial charge in [-0.05, 0) is 32.0 Å². The smallest absolute Gasteiger partial charge is 0.277 e. The molecular formula is C22H22ClN5O3S. The number of aromatic nitrogens is 3. The zero-order valence-electron chi connectivity index (χ0n) is 17.5. The van der Waals surface area contributed by atoms with Crippen LogP contribution < -0.4 is 20.5 Å². The molecule has 0 atom stereocenters. The molecule has 8 nitrogen and oxygen atoms in total. The van der Waals surface area contributed by atoms with Gasteiger partial charge < -0.3 is 20.5 Å². The van der Waals surface area contributed by atoms with Crippen LogP contribution in [0.5, 0.6) is 11.5 Å². The monoisotopic (exact) mass is 471 g/mol. The third kappa shape index (κ3) is 4.90. The highest BCUT2D eigenvalue weighted by molar-refractivity contribution is 7.12. The van der Waals surface area contributed by atoms with Gasteiger partial charge in [0.25, 0.3) is 5.91 Å². The fraction of sp³-hybridized carbons (Fsp3) is 0.182. The number of nitrogens with zero attached hydrogens (tertiary/aromatic N) is 3. The molecule has 4 rings (SSSR count). The molecule has 1 amide bonds. The molecule has 0 radical (unpaired) electrons. The predicted octanol–water partition coefficient (Wildman–Crippen LogP) is 4.82. The van der Waals surface area contributed by atoms with Crippen LogP contribution in [0.15, 0.2) is 48.1 Å². The van der Waals surface area contributed by atoms with Crippen LogP contribution in [-0.4, -0.2) is 34.1 Å². The number of nitrogens with one attached hydrogen (secondary N) is 1. The zero-order valence-corrected chi connectivity index (χ0v) is 19.1. The zero-order chi connectivity index (χ0) is 21.8.